The van der Waals surface area contributed by atoms with Crippen LogP contribution in [-0.2, 0) is 11.3 Å². The van der Waals surface area contributed by atoms with Gasteiger partial charge in [-0.2, -0.15) is 5.10 Å². The molecular formula is C25H24N4O2. The minimum atomic E-state index is -0.307. The van der Waals surface area contributed by atoms with Crippen LogP contribution in [0.4, 0.5) is 5.69 Å². The third-order valence-electron chi connectivity index (χ3n) is 5.17. The van der Waals surface area contributed by atoms with Gasteiger partial charge in [-0.15, -0.1) is 0 Å². The lowest BCUT2D eigenvalue weighted by atomic mass is 10.1. The fraction of sp³-hybridized carbons (Fsp3) is 0.160. The molecule has 0 aliphatic rings. The van der Waals surface area contributed by atoms with Crippen LogP contribution >= 0.6 is 0 Å². The number of aromatic nitrogens is 1. The zero-order valence-electron chi connectivity index (χ0n) is 17.6. The van der Waals surface area contributed by atoms with Crippen LogP contribution in [0.1, 0.15) is 30.6 Å². The van der Waals surface area contributed by atoms with Crippen LogP contribution in [0.25, 0.3) is 21.8 Å². The van der Waals surface area contributed by atoms with E-state index < -0.39 is 0 Å². The molecule has 0 fully saturated rings. The van der Waals surface area contributed by atoms with Gasteiger partial charge in [0.1, 0.15) is 0 Å². The number of para-hydroxylation sites is 1. The van der Waals surface area contributed by atoms with Gasteiger partial charge in [0.25, 0.3) is 5.91 Å². The van der Waals surface area contributed by atoms with E-state index in [9.17, 15) is 9.59 Å². The first-order valence-corrected chi connectivity index (χ1v) is 10.3. The van der Waals surface area contributed by atoms with Gasteiger partial charge in [-0.3, -0.25) is 9.59 Å². The zero-order valence-corrected chi connectivity index (χ0v) is 17.6. The molecule has 31 heavy (non-hydrogen) atoms. The second-order valence-electron chi connectivity index (χ2n) is 7.37. The quantitative estimate of drug-likeness (QED) is 0.347. The second-order valence-corrected chi connectivity index (χ2v) is 7.37. The molecule has 0 spiro atoms. The molecule has 0 aliphatic carbocycles. The summed E-state index contributed by atoms with van der Waals surface area (Å²) < 4.78 is 2.27. The molecular weight excluding hydrogens is 388 g/mol. The lowest BCUT2D eigenvalue weighted by molar-refractivity contribution is -0.115. The molecule has 2 N–H and O–H groups in total. The number of hydrogen-bond acceptors (Lipinski definition) is 3. The van der Waals surface area contributed by atoms with Crippen molar-refractivity contribution in [2.24, 2.45) is 5.10 Å². The molecule has 0 saturated heterocycles. The van der Waals surface area contributed by atoms with Crippen LogP contribution in [-0.4, -0.2) is 22.1 Å². The van der Waals surface area contributed by atoms with Gasteiger partial charge in [-0.05, 0) is 50.2 Å². The molecule has 4 rings (SSSR count). The van der Waals surface area contributed by atoms with Crippen molar-refractivity contribution in [3.05, 3.63) is 78.4 Å². The Morgan fingerprint density at radius 2 is 1.61 bits per heavy atom. The molecule has 2 amide bonds. The van der Waals surface area contributed by atoms with Crippen LogP contribution in [0.5, 0.6) is 0 Å². The molecule has 0 atom stereocenters. The summed E-state index contributed by atoms with van der Waals surface area (Å²) in [7, 11) is 0. The van der Waals surface area contributed by atoms with Crippen molar-refractivity contribution in [1.82, 2.24) is 9.99 Å². The highest BCUT2D eigenvalue weighted by atomic mass is 16.2. The Hall–Kier alpha value is -3.93. The molecule has 0 unspecified atom stereocenters. The van der Waals surface area contributed by atoms with E-state index in [1.54, 1.807) is 31.2 Å². The number of anilines is 1. The number of nitrogens with one attached hydrogen (secondary N) is 2. The number of carbonyl (C=O) groups excluding carboxylic acids is 2. The summed E-state index contributed by atoms with van der Waals surface area (Å²) in [6.45, 7) is 4.71. The van der Waals surface area contributed by atoms with Gasteiger partial charge < -0.3 is 9.88 Å². The van der Waals surface area contributed by atoms with Crippen LogP contribution in [0.15, 0.2) is 77.9 Å². The number of amides is 2. The largest absolute Gasteiger partial charge is 0.341 e. The van der Waals surface area contributed by atoms with E-state index in [1.165, 1.54) is 5.52 Å². The fourth-order valence-corrected chi connectivity index (χ4v) is 3.75. The van der Waals surface area contributed by atoms with Gasteiger partial charge >= 0.3 is 0 Å². The van der Waals surface area contributed by atoms with E-state index in [0.717, 1.165) is 28.5 Å². The van der Waals surface area contributed by atoms with E-state index in [4.69, 9.17) is 0 Å². The van der Waals surface area contributed by atoms with E-state index in [1.807, 2.05) is 36.4 Å². The molecule has 1 aromatic heterocycles. The highest BCUT2D eigenvalue weighted by Crippen LogP contribution is 2.30. The van der Waals surface area contributed by atoms with Gasteiger partial charge in [-0.1, -0.05) is 36.4 Å². The third-order valence-corrected chi connectivity index (χ3v) is 5.17. The highest BCUT2D eigenvalue weighted by Gasteiger charge is 2.11. The van der Waals surface area contributed by atoms with Crippen molar-refractivity contribution in [2.45, 2.75) is 26.8 Å². The molecule has 6 nitrogen and oxygen atoms in total. The van der Waals surface area contributed by atoms with Crippen molar-refractivity contribution in [2.75, 3.05) is 5.32 Å². The van der Waals surface area contributed by atoms with Crippen molar-refractivity contribution < 1.29 is 9.59 Å². The maximum Gasteiger partial charge on any atom is 0.271 e. The molecule has 0 saturated carbocycles. The smallest absolute Gasteiger partial charge is 0.271 e. The van der Waals surface area contributed by atoms with Gasteiger partial charge in [0.05, 0.1) is 6.42 Å². The van der Waals surface area contributed by atoms with Crippen molar-refractivity contribution in [1.29, 1.82) is 0 Å². The summed E-state index contributed by atoms with van der Waals surface area (Å²) in [6.07, 6.45) is 0.0871. The van der Waals surface area contributed by atoms with Crippen molar-refractivity contribution >= 4 is 45.0 Å². The minimum absolute atomic E-state index is 0.0871. The van der Waals surface area contributed by atoms with E-state index in [0.29, 0.717) is 11.3 Å². The average Bonchev–Trinajstić information content (AvgIpc) is 3.11. The Bertz CT molecular complexity index is 1290. The molecule has 0 radical (unpaired) electrons. The summed E-state index contributed by atoms with van der Waals surface area (Å²) in [6, 6.07) is 23.1. The molecule has 4 aromatic rings. The summed E-state index contributed by atoms with van der Waals surface area (Å²) in [5, 5.41) is 9.25. The number of rotatable bonds is 6. The Morgan fingerprint density at radius 3 is 2.39 bits per heavy atom. The van der Waals surface area contributed by atoms with Crippen LogP contribution < -0.4 is 10.7 Å². The van der Waals surface area contributed by atoms with Crippen LogP contribution in [0.3, 0.4) is 0 Å². The van der Waals surface area contributed by atoms with E-state index in [2.05, 4.69) is 39.5 Å². The number of fused-ring (bicyclic) bond motifs is 3. The summed E-state index contributed by atoms with van der Waals surface area (Å²) in [5.41, 5.74) is 6.58. The van der Waals surface area contributed by atoms with Gasteiger partial charge in [0, 0.05) is 45.3 Å². The second kappa shape index (κ2) is 8.83. The summed E-state index contributed by atoms with van der Waals surface area (Å²) >= 11 is 0. The predicted octanol–water partition coefficient (Wildman–Crippen LogP) is 4.95. The number of hydrazone groups is 1. The number of nitrogens with zero attached hydrogens (tertiary/aromatic N) is 2. The van der Waals surface area contributed by atoms with Gasteiger partial charge in [0.15, 0.2) is 0 Å². The minimum Gasteiger partial charge on any atom is -0.341 e. The van der Waals surface area contributed by atoms with Crippen LogP contribution in [0, 0.1) is 0 Å². The first-order valence-electron chi connectivity index (χ1n) is 10.3. The molecule has 0 bridgehead atoms. The molecule has 0 aliphatic heterocycles. The first kappa shape index (κ1) is 20.3. The Morgan fingerprint density at radius 1 is 0.903 bits per heavy atom. The van der Waals surface area contributed by atoms with Gasteiger partial charge in [0.2, 0.25) is 5.91 Å². The lowest BCUT2D eigenvalue weighted by Gasteiger charge is -2.07. The fourth-order valence-electron chi connectivity index (χ4n) is 3.75. The Balaban J connectivity index is 1.46. The monoisotopic (exact) mass is 412 g/mol. The third kappa shape index (κ3) is 4.33. The van der Waals surface area contributed by atoms with Crippen LogP contribution in [0.2, 0.25) is 0 Å². The molecule has 3 aromatic carbocycles. The molecule has 1 heterocycles. The number of hydrogen-bond donors (Lipinski definition) is 2. The van der Waals surface area contributed by atoms with E-state index in [-0.39, 0.29) is 18.2 Å². The lowest BCUT2D eigenvalue weighted by Crippen LogP contribution is -2.21. The van der Waals surface area contributed by atoms with Crippen molar-refractivity contribution in [3.63, 3.8) is 0 Å². The SMILES string of the molecule is CCn1c2ccccc2c2cc(NC(=O)C/C(C)=N/NC(=O)c3ccccc3)ccc21. The highest BCUT2D eigenvalue weighted by molar-refractivity contribution is 6.11. The molecule has 6 heteroatoms. The zero-order chi connectivity index (χ0) is 21.8. The maximum absolute atomic E-state index is 12.5. The summed E-state index contributed by atoms with van der Waals surface area (Å²) in [5.74, 6) is -0.494. The Labute approximate surface area is 180 Å². The van der Waals surface area contributed by atoms with Gasteiger partial charge in [-0.25, -0.2) is 5.43 Å². The number of benzene rings is 3. The van der Waals surface area contributed by atoms with Crippen molar-refractivity contribution in [3.8, 4) is 0 Å². The summed E-state index contributed by atoms with van der Waals surface area (Å²) in [4.78, 5) is 24.6. The first-order chi connectivity index (χ1) is 15.1. The number of aryl methyl sites for hydroxylation is 1. The molecule has 156 valence electrons. The average molecular weight is 412 g/mol. The maximum atomic E-state index is 12.5. The predicted molar refractivity (Wildman–Crippen MR) is 125 cm³/mol. The topological polar surface area (TPSA) is 75.5 Å². The number of carbonyl (C=O) groups is 2. The standard InChI is InChI=1S/C25H24N4O2/c1-3-29-22-12-8-7-11-20(22)21-16-19(13-14-23(21)29)26-24(30)15-17(2)27-28-25(31)18-9-5-4-6-10-18/h4-14,16H,3,15H2,1-2H3,(H,26,30)(H,28,31)/b27-17+. The normalized spacial score (nSPS) is 11.6. The Kier molecular flexibility index (Phi) is 5.80. The van der Waals surface area contributed by atoms with E-state index >= 15 is 0 Å².